The SMILES string of the molecule is Cc1cc(C(=O)Nc2ccc(C(=O)OC(C)C)cc2)c2c(C)nn(C)c2n1. The zero-order chi connectivity index (χ0) is 19.7. The van der Waals surface area contributed by atoms with Crippen LogP contribution in [0, 0.1) is 13.8 Å². The molecule has 7 heteroatoms. The quantitative estimate of drug-likeness (QED) is 0.715. The summed E-state index contributed by atoms with van der Waals surface area (Å²) in [7, 11) is 1.80. The number of aromatic nitrogens is 3. The fourth-order valence-corrected chi connectivity index (χ4v) is 2.92. The molecule has 0 unspecified atom stereocenters. The molecule has 0 aliphatic heterocycles. The van der Waals surface area contributed by atoms with Crippen LogP contribution in [0.3, 0.4) is 0 Å². The zero-order valence-electron chi connectivity index (χ0n) is 16.0. The van der Waals surface area contributed by atoms with E-state index in [0.29, 0.717) is 22.5 Å². The highest BCUT2D eigenvalue weighted by Crippen LogP contribution is 2.23. The normalized spacial score (nSPS) is 11.0. The fraction of sp³-hybridized carbons (Fsp3) is 0.300. The van der Waals surface area contributed by atoms with Gasteiger partial charge >= 0.3 is 5.97 Å². The number of pyridine rings is 1. The number of ether oxygens (including phenoxy) is 1. The van der Waals surface area contributed by atoms with Gasteiger partial charge in [-0.1, -0.05) is 0 Å². The van der Waals surface area contributed by atoms with E-state index >= 15 is 0 Å². The molecule has 0 bridgehead atoms. The summed E-state index contributed by atoms with van der Waals surface area (Å²) in [4.78, 5) is 29.2. The first-order valence-corrected chi connectivity index (χ1v) is 8.69. The molecule has 2 heterocycles. The van der Waals surface area contributed by atoms with E-state index in [9.17, 15) is 9.59 Å². The Morgan fingerprint density at radius 3 is 2.44 bits per heavy atom. The molecular weight excluding hydrogens is 344 g/mol. The first-order chi connectivity index (χ1) is 12.8. The fourth-order valence-electron chi connectivity index (χ4n) is 2.92. The first kappa shape index (κ1) is 18.6. The van der Waals surface area contributed by atoms with Gasteiger partial charge in [0, 0.05) is 18.4 Å². The summed E-state index contributed by atoms with van der Waals surface area (Å²) in [5.41, 5.74) is 3.70. The molecule has 27 heavy (non-hydrogen) atoms. The van der Waals surface area contributed by atoms with Crippen molar-refractivity contribution in [1.29, 1.82) is 0 Å². The molecule has 3 rings (SSSR count). The Labute approximate surface area is 157 Å². The molecule has 0 saturated heterocycles. The summed E-state index contributed by atoms with van der Waals surface area (Å²) in [6.07, 6.45) is -0.183. The summed E-state index contributed by atoms with van der Waals surface area (Å²) in [6, 6.07) is 8.36. The monoisotopic (exact) mass is 366 g/mol. The maximum Gasteiger partial charge on any atom is 0.338 e. The predicted molar refractivity (Wildman–Crippen MR) is 103 cm³/mol. The van der Waals surface area contributed by atoms with Gasteiger partial charge in [-0.15, -0.1) is 0 Å². The standard InChI is InChI=1S/C20H22N4O3/c1-11(2)27-20(26)14-6-8-15(9-7-14)22-19(25)16-10-12(3)21-18-17(16)13(4)23-24(18)5/h6-11H,1-5H3,(H,22,25). The summed E-state index contributed by atoms with van der Waals surface area (Å²) < 4.78 is 6.83. The van der Waals surface area contributed by atoms with Crippen LogP contribution in [0.4, 0.5) is 5.69 Å². The molecule has 140 valence electrons. The van der Waals surface area contributed by atoms with Gasteiger partial charge in [-0.25, -0.2) is 9.78 Å². The van der Waals surface area contributed by atoms with Crippen molar-refractivity contribution in [3.63, 3.8) is 0 Å². The number of nitrogens with zero attached hydrogens (tertiary/aromatic N) is 3. The van der Waals surface area contributed by atoms with Crippen molar-refractivity contribution >= 4 is 28.6 Å². The number of rotatable bonds is 4. The van der Waals surface area contributed by atoms with Crippen LogP contribution in [-0.2, 0) is 11.8 Å². The van der Waals surface area contributed by atoms with Gasteiger partial charge in [0.2, 0.25) is 0 Å². The van der Waals surface area contributed by atoms with Crippen LogP contribution in [0.1, 0.15) is 46.0 Å². The van der Waals surface area contributed by atoms with Crippen LogP contribution in [-0.4, -0.2) is 32.7 Å². The highest BCUT2D eigenvalue weighted by Gasteiger charge is 2.18. The second-order valence-electron chi connectivity index (χ2n) is 6.70. The largest absolute Gasteiger partial charge is 0.459 e. The van der Waals surface area contributed by atoms with Crippen LogP contribution in [0.15, 0.2) is 30.3 Å². The predicted octanol–water partition coefficient (Wildman–Crippen LogP) is 3.40. The number of esters is 1. The summed E-state index contributed by atoms with van der Waals surface area (Å²) in [5.74, 6) is -0.639. The van der Waals surface area contributed by atoms with Crippen LogP contribution < -0.4 is 5.32 Å². The summed E-state index contributed by atoms with van der Waals surface area (Å²) in [6.45, 7) is 7.29. The summed E-state index contributed by atoms with van der Waals surface area (Å²) >= 11 is 0. The van der Waals surface area contributed by atoms with Crippen molar-refractivity contribution in [3.8, 4) is 0 Å². The molecule has 0 spiro atoms. The van der Waals surface area contributed by atoms with Crippen molar-refractivity contribution in [3.05, 3.63) is 52.8 Å². The van der Waals surface area contributed by atoms with E-state index in [1.807, 2.05) is 13.8 Å². The van der Waals surface area contributed by atoms with E-state index < -0.39 is 0 Å². The lowest BCUT2D eigenvalue weighted by atomic mass is 10.1. The minimum Gasteiger partial charge on any atom is -0.459 e. The van der Waals surface area contributed by atoms with Crippen LogP contribution in [0.2, 0.25) is 0 Å². The van der Waals surface area contributed by atoms with Crippen molar-refractivity contribution in [2.24, 2.45) is 7.05 Å². The lowest BCUT2D eigenvalue weighted by molar-refractivity contribution is 0.0378. The molecule has 7 nitrogen and oxygen atoms in total. The van der Waals surface area contributed by atoms with Crippen molar-refractivity contribution in [1.82, 2.24) is 14.8 Å². The van der Waals surface area contributed by atoms with Gasteiger partial charge in [0.15, 0.2) is 5.65 Å². The number of amides is 1. The van der Waals surface area contributed by atoms with E-state index in [1.54, 1.807) is 55.9 Å². The average Bonchev–Trinajstić information content (AvgIpc) is 2.88. The molecule has 1 amide bonds. The minimum atomic E-state index is -0.389. The second-order valence-corrected chi connectivity index (χ2v) is 6.70. The van der Waals surface area contributed by atoms with E-state index in [2.05, 4.69) is 15.4 Å². The van der Waals surface area contributed by atoms with Gasteiger partial charge in [0.05, 0.1) is 28.3 Å². The average molecular weight is 366 g/mol. The van der Waals surface area contributed by atoms with Gasteiger partial charge in [-0.05, 0) is 58.0 Å². The Balaban J connectivity index is 1.86. The molecule has 3 aromatic rings. The van der Waals surface area contributed by atoms with Gasteiger partial charge in [-0.3, -0.25) is 9.48 Å². The van der Waals surface area contributed by atoms with E-state index in [-0.39, 0.29) is 18.0 Å². The Hall–Kier alpha value is -3.22. The maximum atomic E-state index is 12.8. The number of carbonyl (C=O) groups excluding carboxylic acids is 2. The molecule has 0 aliphatic rings. The number of aryl methyl sites for hydroxylation is 3. The van der Waals surface area contributed by atoms with Gasteiger partial charge < -0.3 is 10.1 Å². The highest BCUT2D eigenvalue weighted by atomic mass is 16.5. The summed E-state index contributed by atoms with van der Waals surface area (Å²) in [5, 5.41) is 7.96. The molecule has 0 fully saturated rings. The number of fused-ring (bicyclic) bond motifs is 1. The lowest BCUT2D eigenvalue weighted by Crippen LogP contribution is -2.14. The Kier molecular flexibility index (Phi) is 4.94. The molecule has 2 aromatic heterocycles. The number of hydrogen-bond donors (Lipinski definition) is 1. The topological polar surface area (TPSA) is 86.1 Å². The first-order valence-electron chi connectivity index (χ1n) is 8.69. The lowest BCUT2D eigenvalue weighted by Gasteiger charge is -2.10. The number of anilines is 1. The van der Waals surface area contributed by atoms with Crippen LogP contribution in [0.5, 0.6) is 0 Å². The zero-order valence-corrected chi connectivity index (χ0v) is 16.0. The Bertz CT molecular complexity index is 1020. The van der Waals surface area contributed by atoms with E-state index in [1.165, 1.54) is 0 Å². The van der Waals surface area contributed by atoms with Crippen molar-refractivity contribution in [2.75, 3.05) is 5.32 Å². The molecule has 0 saturated carbocycles. The van der Waals surface area contributed by atoms with Gasteiger partial charge in [0.25, 0.3) is 5.91 Å². The van der Waals surface area contributed by atoms with Gasteiger partial charge in [-0.2, -0.15) is 5.10 Å². The number of hydrogen-bond acceptors (Lipinski definition) is 5. The van der Waals surface area contributed by atoms with Crippen LogP contribution in [0.25, 0.3) is 11.0 Å². The third-order valence-electron chi connectivity index (χ3n) is 4.06. The van der Waals surface area contributed by atoms with Gasteiger partial charge in [0.1, 0.15) is 0 Å². The van der Waals surface area contributed by atoms with Crippen LogP contribution >= 0.6 is 0 Å². The molecule has 0 atom stereocenters. The molecule has 1 N–H and O–H groups in total. The molecular formula is C20H22N4O3. The van der Waals surface area contributed by atoms with Crippen molar-refractivity contribution in [2.45, 2.75) is 33.8 Å². The number of carbonyl (C=O) groups is 2. The maximum absolute atomic E-state index is 12.8. The smallest absolute Gasteiger partial charge is 0.338 e. The van der Waals surface area contributed by atoms with E-state index in [4.69, 9.17) is 4.74 Å². The third-order valence-corrected chi connectivity index (χ3v) is 4.06. The third kappa shape index (κ3) is 3.81. The van der Waals surface area contributed by atoms with Crippen molar-refractivity contribution < 1.29 is 14.3 Å². The number of benzene rings is 1. The minimum absolute atomic E-state index is 0.183. The van der Waals surface area contributed by atoms with E-state index in [0.717, 1.165) is 16.8 Å². The number of nitrogens with one attached hydrogen (secondary N) is 1. The molecule has 0 radical (unpaired) electrons. The Morgan fingerprint density at radius 2 is 1.81 bits per heavy atom. The molecule has 1 aromatic carbocycles. The highest BCUT2D eigenvalue weighted by molar-refractivity contribution is 6.12. The molecule has 0 aliphatic carbocycles. The second kappa shape index (κ2) is 7.19. The Morgan fingerprint density at radius 1 is 1.15 bits per heavy atom.